The molecule has 0 aliphatic heterocycles. The molecule has 2 rings (SSSR count). The zero-order valence-electron chi connectivity index (χ0n) is 15.0. The Morgan fingerprint density at radius 1 is 0.963 bits per heavy atom. The molecule has 144 valence electrons. The molecule has 0 unspecified atom stereocenters. The predicted molar refractivity (Wildman–Crippen MR) is 104 cm³/mol. The van der Waals surface area contributed by atoms with Crippen LogP contribution in [0, 0.1) is 11.8 Å². The summed E-state index contributed by atoms with van der Waals surface area (Å²) in [6, 6.07) is 13.5. The highest BCUT2D eigenvalue weighted by atomic mass is 35.5. The van der Waals surface area contributed by atoms with Crippen LogP contribution in [0.1, 0.15) is 31.9 Å². The molecule has 2 nitrogen and oxygen atoms in total. The maximum absolute atomic E-state index is 14.3. The van der Waals surface area contributed by atoms with Crippen LogP contribution in [0.25, 0.3) is 0 Å². The maximum atomic E-state index is 14.3. The van der Waals surface area contributed by atoms with E-state index >= 15 is 0 Å². The largest absolute Gasteiger partial charge is 0.423 e. The van der Waals surface area contributed by atoms with Crippen LogP contribution in [-0.2, 0) is 16.5 Å². The van der Waals surface area contributed by atoms with Gasteiger partial charge in [0, 0.05) is 10.6 Å². The van der Waals surface area contributed by atoms with Gasteiger partial charge in [-0.3, -0.25) is 0 Å². The van der Waals surface area contributed by atoms with E-state index in [1.54, 1.807) is 51.1 Å². The van der Waals surface area contributed by atoms with Gasteiger partial charge in [-0.25, -0.2) is 8.93 Å². The number of benzene rings is 2. The Morgan fingerprint density at radius 3 is 2.00 bits per heavy atom. The van der Waals surface area contributed by atoms with Gasteiger partial charge in [0.2, 0.25) is 5.54 Å². The molecular formula is C20H19ClF3NOS. The van der Waals surface area contributed by atoms with Crippen LogP contribution in [-0.4, -0.2) is 15.1 Å². The zero-order chi connectivity index (χ0) is 20.3. The lowest BCUT2D eigenvalue weighted by Crippen LogP contribution is -2.56. The van der Waals surface area contributed by atoms with E-state index in [9.17, 15) is 17.4 Å². The van der Waals surface area contributed by atoms with Crippen LogP contribution >= 0.6 is 11.6 Å². The van der Waals surface area contributed by atoms with Gasteiger partial charge in [0.1, 0.15) is 0 Å². The standard InChI is InChI=1S/C20H19ClF3NOS/c1-18(2,3)27(26)25-19(20(22,23)24,16-9-11-17(21)12-10-16)14-13-15-7-5-4-6-8-15/h4-12,25H,1-3H3/t19-,27-/m0/s1. The van der Waals surface area contributed by atoms with Gasteiger partial charge in [0.15, 0.2) is 0 Å². The Labute approximate surface area is 164 Å². The first kappa shape index (κ1) is 21.5. The first-order valence-corrected chi connectivity index (χ1v) is 9.59. The molecule has 2 aromatic carbocycles. The number of alkyl halides is 3. The summed E-state index contributed by atoms with van der Waals surface area (Å²) in [5.74, 6) is 4.87. The molecule has 0 fully saturated rings. The van der Waals surface area contributed by atoms with Crippen molar-refractivity contribution in [1.82, 2.24) is 4.72 Å². The molecule has 0 saturated heterocycles. The van der Waals surface area contributed by atoms with Crippen molar-refractivity contribution < 1.29 is 17.4 Å². The van der Waals surface area contributed by atoms with Crippen LogP contribution in [0.5, 0.6) is 0 Å². The Morgan fingerprint density at radius 2 is 1.52 bits per heavy atom. The Bertz CT molecular complexity index is 865. The zero-order valence-corrected chi connectivity index (χ0v) is 16.6. The van der Waals surface area contributed by atoms with Crippen molar-refractivity contribution in [3.8, 4) is 11.8 Å². The summed E-state index contributed by atoms with van der Waals surface area (Å²) in [6.45, 7) is 4.76. The van der Waals surface area contributed by atoms with Crippen LogP contribution in [0.4, 0.5) is 13.2 Å². The summed E-state index contributed by atoms with van der Waals surface area (Å²) >= 11 is 5.83. The Hall–Kier alpha value is -1.81. The van der Waals surface area contributed by atoms with Crippen molar-refractivity contribution in [2.75, 3.05) is 0 Å². The van der Waals surface area contributed by atoms with Gasteiger partial charge in [0.25, 0.3) is 0 Å². The average Bonchev–Trinajstić information content (AvgIpc) is 2.58. The molecule has 0 amide bonds. The molecular weight excluding hydrogens is 395 g/mol. The molecule has 0 bridgehead atoms. The van der Waals surface area contributed by atoms with Crippen LogP contribution in [0.15, 0.2) is 54.6 Å². The van der Waals surface area contributed by atoms with E-state index in [1.165, 1.54) is 24.3 Å². The summed E-state index contributed by atoms with van der Waals surface area (Å²) < 4.78 is 56.8. The summed E-state index contributed by atoms with van der Waals surface area (Å²) in [5, 5.41) is 0.294. The minimum absolute atomic E-state index is 0.180. The normalized spacial score (nSPS) is 15.4. The number of halogens is 4. The van der Waals surface area contributed by atoms with E-state index in [4.69, 9.17) is 11.6 Å². The smallest absolute Gasteiger partial charge is 0.242 e. The molecule has 0 spiro atoms. The number of hydrogen-bond donors (Lipinski definition) is 1. The highest BCUT2D eigenvalue weighted by molar-refractivity contribution is 7.84. The quantitative estimate of drug-likeness (QED) is 0.688. The van der Waals surface area contributed by atoms with Gasteiger partial charge in [0.05, 0.1) is 15.7 Å². The molecule has 0 aliphatic rings. The second-order valence-corrected chi connectivity index (χ2v) is 9.26. The van der Waals surface area contributed by atoms with Crippen molar-refractivity contribution in [2.45, 2.75) is 37.2 Å². The van der Waals surface area contributed by atoms with E-state index < -0.39 is 27.4 Å². The lowest BCUT2D eigenvalue weighted by atomic mass is 9.90. The van der Waals surface area contributed by atoms with E-state index in [1.807, 2.05) is 0 Å². The van der Waals surface area contributed by atoms with Gasteiger partial charge in [-0.2, -0.15) is 13.2 Å². The first-order chi connectivity index (χ1) is 12.5. The number of nitrogens with one attached hydrogen (secondary N) is 1. The van der Waals surface area contributed by atoms with Crippen LogP contribution < -0.4 is 4.72 Å². The van der Waals surface area contributed by atoms with Crippen LogP contribution in [0.2, 0.25) is 5.02 Å². The summed E-state index contributed by atoms with van der Waals surface area (Å²) in [6.07, 6.45) is -4.83. The minimum atomic E-state index is -4.83. The van der Waals surface area contributed by atoms with E-state index in [0.29, 0.717) is 10.6 Å². The van der Waals surface area contributed by atoms with Crippen molar-refractivity contribution >= 4 is 22.6 Å². The number of rotatable bonds is 3. The molecule has 0 aliphatic carbocycles. The van der Waals surface area contributed by atoms with Crippen molar-refractivity contribution in [1.29, 1.82) is 0 Å². The molecule has 1 N–H and O–H groups in total. The molecule has 0 aromatic heterocycles. The topological polar surface area (TPSA) is 29.1 Å². The molecule has 0 radical (unpaired) electrons. The first-order valence-electron chi connectivity index (χ1n) is 8.06. The molecule has 0 heterocycles. The number of hydrogen-bond acceptors (Lipinski definition) is 1. The van der Waals surface area contributed by atoms with E-state index in [-0.39, 0.29) is 5.56 Å². The fourth-order valence-corrected chi connectivity index (χ4v) is 3.12. The molecule has 0 saturated carbocycles. The minimum Gasteiger partial charge on any atom is -0.242 e. The lowest BCUT2D eigenvalue weighted by molar-refractivity contribution is -0.176. The van der Waals surface area contributed by atoms with Crippen molar-refractivity contribution in [3.05, 3.63) is 70.7 Å². The highest BCUT2D eigenvalue weighted by Crippen LogP contribution is 2.40. The van der Waals surface area contributed by atoms with Gasteiger partial charge in [-0.05, 0) is 50.6 Å². The third kappa shape index (κ3) is 5.13. The summed E-state index contributed by atoms with van der Waals surface area (Å²) in [7, 11) is -2.02. The summed E-state index contributed by atoms with van der Waals surface area (Å²) in [5.41, 5.74) is -2.57. The predicted octanol–water partition coefficient (Wildman–Crippen LogP) is 5.20. The maximum Gasteiger partial charge on any atom is 0.423 e. The van der Waals surface area contributed by atoms with Gasteiger partial charge >= 0.3 is 6.18 Å². The second-order valence-electron chi connectivity index (χ2n) is 6.85. The van der Waals surface area contributed by atoms with E-state index in [2.05, 4.69) is 16.6 Å². The van der Waals surface area contributed by atoms with Gasteiger partial charge in [-0.1, -0.05) is 53.8 Å². The lowest BCUT2D eigenvalue weighted by Gasteiger charge is -2.34. The highest BCUT2D eigenvalue weighted by Gasteiger charge is 2.57. The van der Waals surface area contributed by atoms with E-state index in [0.717, 1.165) is 0 Å². The average molecular weight is 414 g/mol. The molecule has 2 atom stereocenters. The Kier molecular flexibility index (Phi) is 6.41. The molecule has 7 heteroatoms. The monoisotopic (exact) mass is 413 g/mol. The van der Waals surface area contributed by atoms with Crippen molar-refractivity contribution in [3.63, 3.8) is 0 Å². The third-order valence-electron chi connectivity index (χ3n) is 3.67. The van der Waals surface area contributed by atoms with Gasteiger partial charge < -0.3 is 0 Å². The second kappa shape index (κ2) is 8.05. The van der Waals surface area contributed by atoms with Crippen molar-refractivity contribution in [2.24, 2.45) is 0 Å². The summed E-state index contributed by atoms with van der Waals surface area (Å²) in [4.78, 5) is 0. The van der Waals surface area contributed by atoms with Crippen LogP contribution in [0.3, 0.4) is 0 Å². The third-order valence-corrected chi connectivity index (χ3v) is 5.53. The molecule has 2 aromatic rings. The molecule has 27 heavy (non-hydrogen) atoms. The fraction of sp³-hybridized carbons (Fsp3) is 0.300. The fourth-order valence-electron chi connectivity index (χ4n) is 2.13. The Balaban J connectivity index is 2.68. The SMILES string of the molecule is CC(C)(C)[S@](=O)N[C@@](C#Cc1ccccc1)(c1ccc(Cl)cc1)C(F)(F)F. The van der Waals surface area contributed by atoms with Gasteiger partial charge in [-0.15, -0.1) is 0 Å².